The van der Waals surface area contributed by atoms with Gasteiger partial charge in [-0.05, 0) is 34.7 Å². The number of benzene rings is 1. The summed E-state index contributed by atoms with van der Waals surface area (Å²) in [7, 11) is 0. The maximum absolute atomic E-state index is 8.60. The first kappa shape index (κ1) is 9.11. The highest BCUT2D eigenvalue weighted by Crippen LogP contribution is 2.25. The van der Waals surface area contributed by atoms with Crippen molar-refractivity contribution in [2.45, 2.75) is 0 Å². The van der Waals surface area contributed by atoms with Crippen LogP contribution in [0.3, 0.4) is 0 Å². The van der Waals surface area contributed by atoms with E-state index >= 15 is 0 Å². The molecule has 0 heterocycles. The third kappa shape index (κ3) is 1.98. The van der Waals surface area contributed by atoms with Crippen LogP contribution < -0.4 is 0 Å². The first-order valence-corrected chi connectivity index (χ1v) is 4.53. The summed E-state index contributed by atoms with van der Waals surface area (Å²) in [6.07, 6.45) is 0. The van der Waals surface area contributed by atoms with E-state index in [4.69, 9.17) is 28.5 Å². The fourth-order valence-corrected chi connectivity index (χ4v) is 1.56. The molecule has 0 aliphatic heterocycles. The molecule has 1 aromatic rings. The lowest BCUT2D eigenvalue weighted by atomic mass is 10.2. The summed E-state index contributed by atoms with van der Waals surface area (Å²) in [5.41, 5.74) is 0.517. The first-order chi connectivity index (χ1) is 5.15. The van der Waals surface area contributed by atoms with Crippen LogP contribution in [-0.2, 0) is 0 Å². The molecule has 0 bridgehead atoms. The molecule has 4 heteroatoms. The average molecular weight is 298 g/mol. The summed E-state index contributed by atoms with van der Waals surface area (Å²) in [6.45, 7) is 0. The van der Waals surface area contributed by atoms with Gasteiger partial charge in [0.15, 0.2) is 0 Å². The van der Waals surface area contributed by atoms with Crippen molar-refractivity contribution in [1.29, 1.82) is 5.26 Å². The van der Waals surface area contributed by atoms with Gasteiger partial charge in [-0.15, -0.1) is 0 Å². The molecule has 0 radical (unpaired) electrons. The summed E-state index contributed by atoms with van der Waals surface area (Å²) < 4.78 is 0.746. The van der Waals surface area contributed by atoms with Gasteiger partial charge in [0.05, 0.1) is 10.6 Å². The Bertz CT molecular complexity index is 330. The Labute approximate surface area is 88.1 Å². The molecule has 1 rings (SSSR count). The van der Waals surface area contributed by atoms with E-state index in [0.29, 0.717) is 15.6 Å². The summed E-state index contributed by atoms with van der Waals surface area (Å²) in [6, 6.07) is 5.21. The van der Waals surface area contributed by atoms with Crippen molar-refractivity contribution < 1.29 is 0 Å². The van der Waals surface area contributed by atoms with E-state index in [1.807, 2.05) is 28.7 Å². The maximum Gasteiger partial charge on any atom is 0.100 e. The number of hydrogen-bond acceptors (Lipinski definition) is 1. The van der Waals surface area contributed by atoms with Crippen LogP contribution in [0, 0.1) is 14.9 Å². The Morgan fingerprint density at radius 1 is 1.36 bits per heavy atom. The van der Waals surface area contributed by atoms with Crippen molar-refractivity contribution in [3.8, 4) is 6.07 Å². The molecule has 0 aliphatic rings. The number of hydrogen-bond donors (Lipinski definition) is 0. The summed E-state index contributed by atoms with van der Waals surface area (Å²) >= 11 is 13.4. The maximum atomic E-state index is 8.60. The molecular weight excluding hydrogens is 296 g/mol. The van der Waals surface area contributed by atoms with Crippen LogP contribution in [0.2, 0.25) is 10.0 Å². The van der Waals surface area contributed by atoms with E-state index in [0.717, 1.165) is 3.57 Å². The van der Waals surface area contributed by atoms with Crippen LogP contribution >= 0.6 is 45.8 Å². The molecule has 0 aliphatic carbocycles. The van der Waals surface area contributed by atoms with Crippen LogP contribution in [0.25, 0.3) is 0 Å². The predicted octanol–water partition coefficient (Wildman–Crippen LogP) is 3.47. The normalized spacial score (nSPS) is 9.27. The molecule has 0 aromatic heterocycles. The average Bonchev–Trinajstić information content (AvgIpc) is 1.96. The van der Waals surface area contributed by atoms with Crippen molar-refractivity contribution in [2.75, 3.05) is 0 Å². The zero-order chi connectivity index (χ0) is 8.43. The summed E-state index contributed by atoms with van der Waals surface area (Å²) in [4.78, 5) is 0. The quantitative estimate of drug-likeness (QED) is 0.531. The second kappa shape index (κ2) is 3.61. The van der Waals surface area contributed by atoms with Gasteiger partial charge in [0.25, 0.3) is 0 Å². The van der Waals surface area contributed by atoms with Crippen molar-refractivity contribution >= 4 is 45.8 Å². The monoisotopic (exact) mass is 297 g/mol. The smallest absolute Gasteiger partial charge is 0.100 e. The van der Waals surface area contributed by atoms with Gasteiger partial charge < -0.3 is 0 Å². The molecule has 0 saturated carbocycles. The van der Waals surface area contributed by atoms with Crippen LogP contribution in [0.1, 0.15) is 5.56 Å². The van der Waals surface area contributed by atoms with Crippen molar-refractivity contribution in [3.63, 3.8) is 0 Å². The molecule has 0 fully saturated rings. The van der Waals surface area contributed by atoms with Gasteiger partial charge >= 0.3 is 0 Å². The van der Waals surface area contributed by atoms with Gasteiger partial charge in [0.2, 0.25) is 0 Å². The van der Waals surface area contributed by atoms with Crippen LogP contribution in [0.5, 0.6) is 0 Å². The highest BCUT2D eigenvalue weighted by molar-refractivity contribution is 14.1. The minimum absolute atomic E-state index is 0.493. The zero-order valence-corrected chi connectivity index (χ0v) is 8.91. The van der Waals surface area contributed by atoms with E-state index in [1.54, 1.807) is 12.1 Å². The minimum atomic E-state index is 0.493. The Kier molecular flexibility index (Phi) is 2.99. The molecule has 0 N–H and O–H groups in total. The van der Waals surface area contributed by atoms with E-state index < -0.39 is 0 Å². The molecule has 56 valence electrons. The molecule has 1 nitrogen and oxygen atoms in total. The van der Waals surface area contributed by atoms with Gasteiger partial charge in [-0.25, -0.2) is 0 Å². The van der Waals surface area contributed by atoms with E-state index in [2.05, 4.69) is 0 Å². The van der Waals surface area contributed by atoms with Crippen LogP contribution in [0.4, 0.5) is 0 Å². The largest absolute Gasteiger partial charge is 0.192 e. The van der Waals surface area contributed by atoms with Crippen molar-refractivity contribution in [2.24, 2.45) is 0 Å². The zero-order valence-electron chi connectivity index (χ0n) is 5.24. The van der Waals surface area contributed by atoms with Crippen LogP contribution in [-0.4, -0.2) is 0 Å². The summed E-state index contributed by atoms with van der Waals surface area (Å²) in [5, 5.41) is 9.61. The second-order valence-electron chi connectivity index (χ2n) is 1.86. The van der Waals surface area contributed by atoms with Gasteiger partial charge in [-0.2, -0.15) is 5.26 Å². The summed E-state index contributed by atoms with van der Waals surface area (Å²) in [5.74, 6) is 0. The van der Waals surface area contributed by atoms with Gasteiger partial charge in [0.1, 0.15) is 6.07 Å². The first-order valence-electron chi connectivity index (χ1n) is 2.70. The third-order valence-corrected chi connectivity index (χ3v) is 3.11. The molecule has 1 aromatic carbocycles. The molecule has 0 spiro atoms. The van der Waals surface area contributed by atoms with Crippen molar-refractivity contribution in [3.05, 3.63) is 31.3 Å². The van der Waals surface area contributed by atoms with Gasteiger partial charge in [-0.1, -0.05) is 23.2 Å². The number of halogens is 3. The highest BCUT2D eigenvalue weighted by Gasteiger charge is 2.04. The molecule has 0 amide bonds. The van der Waals surface area contributed by atoms with Gasteiger partial charge in [-0.3, -0.25) is 0 Å². The fourth-order valence-electron chi connectivity index (χ4n) is 0.637. The molecular formula is C7H2Cl2IN. The predicted molar refractivity (Wildman–Crippen MR) is 53.9 cm³/mol. The third-order valence-electron chi connectivity index (χ3n) is 1.11. The van der Waals surface area contributed by atoms with E-state index in [1.165, 1.54) is 0 Å². The van der Waals surface area contributed by atoms with E-state index in [9.17, 15) is 0 Å². The Morgan fingerprint density at radius 3 is 2.55 bits per heavy atom. The molecule has 11 heavy (non-hydrogen) atoms. The van der Waals surface area contributed by atoms with E-state index in [-0.39, 0.29) is 0 Å². The standard InChI is InChI=1S/C7H2Cl2IN/c8-5-1-4(3-11)7(10)6(9)2-5/h1-2H. The molecule has 0 unspecified atom stereocenters. The minimum Gasteiger partial charge on any atom is -0.192 e. The van der Waals surface area contributed by atoms with Crippen molar-refractivity contribution in [1.82, 2.24) is 0 Å². The second-order valence-corrected chi connectivity index (χ2v) is 3.78. The highest BCUT2D eigenvalue weighted by atomic mass is 127. The Hall–Kier alpha value is 0.0200. The Balaban J connectivity index is 3.39. The molecule has 0 saturated heterocycles. The lowest BCUT2D eigenvalue weighted by Crippen LogP contribution is -1.82. The number of rotatable bonds is 0. The number of nitrogens with zero attached hydrogens (tertiary/aromatic N) is 1. The Morgan fingerprint density at radius 2 is 2.00 bits per heavy atom. The lowest BCUT2D eigenvalue weighted by molar-refractivity contribution is 1.46. The SMILES string of the molecule is N#Cc1cc(Cl)cc(Cl)c1I. The van der Waals surface area contributed by atoms with Crippen LogP contribution in [0.15, 0.2) is 12.1 Å². The van der Waals surface area contributed by atoms with Gasteiger partial charge in [0, 0.05) is 8.59 Å². The molecule has 0 atom stereocenters. The fraction of sp³-hybridized carbons (Fsp3) is 0. The topological polar surface area (TPSA) is 23.8 Å². The number of nitriles is 1. The lowest BCUT2D eigenvalue weighted by Gasteiger charge is -1.98.